The second kappa shape index (κ2) is 7.61. The Morgan fingerprint density at radius 2 is 1.67 bits per heavy atom. The molecule has 0 atom stereocenters. The third kappa shape index (κ3) is 3.30. The van der Waals surface area contributed by atoms with Crippen LogP contribution in [-0.4, -0.2) is 29.7 Å². The Morgan fingerprint density at radius 3 is 2.37 bits per heavy atom. The zero-order chi connectivity index (χ0) is 19.6. The quantitative estimate of drug-likeness (QED) is 0.648. The molecule has 27 heavy (non-hydrogen) atoms. The van der Waals surface area contributed by atoms with Crippen molar-refractivity contribution in [2.75, 3.05) is 13.2 Å². The number of rotatable bonds is 5. The van der Waals surface area contributed by atoms with Crippen molar-refractivity contribution in [1.29, 1.82) is 0 Å². The Morgan fingerprint density at radius 1 is 0.963 bits per heavy atom. The Bertz CT molecular complexity index is 1100. The molecule has 0 unspecified atom stereocenters. The van der Waals surface area contributed by atoms with Gasteiger partial charge in [-0.2, -0.15) is 0 Å². The van der Waals surface area contributed by atoms with Crippen LogP contribution in [0, 0.1) is 0 Å². The lowest BCUT2D eigenvalue weighted by atomic mass is 10.1. The van der Waals surface area contributed by atoms with Crippen molar-refractivity contribution in [3.05, 3.63) is 57.9 Å². The van der Waals surface area contributed by atoms with Crippen LogP contribution in [0.25, 0.3) is 21.7 Å². The monoisotopic (exact) mass is 367 g/mol. The lowest BCUT2D eigenvalue weighted by molar-refractivity contribution is -0.142. The molecule has 0 radical (unpaired) electrons. The fourth-order valence-electron chi connectivity index (χ4n) is 3.33. The van der Waals surface area contributed by atoms with Crippen LogP contribution in [-0.2, 0) is 27.7 Å². The number of hydrogen-bond donors (Lipinski definition) is 0. The predicted molar refractivity (Wildman–Crippen MR) is 103 cm³/mol. The number of fused-ring (bicyclic) bond motifs is 2. The van der Waals surface area contributed by atoms with E-state index in [1.54, 1.807) is 49.7 Å². The zero-order valence-corrected chi connectivity index (χ0v) is 15.6. The van der Waals surface area contributed by atoms with E-state index >= 15 is 0 Å². The van der Waals surface area contributed by atoms with Gasteiger partial charge in [-0.3, -0.25) is 9.59 Å². The fourth-order valence-corrected chi connectivity index (χ4v) is 3.33. The van der Waals surface area contributed by atoms with Crippen LogP contribution < -0.4 is 5.43 Å². The molecule has 1 aromatic heterocycles. The summed E-state index contributed by atoms with van der Waals surface area (Å²) in [5.74, 6) is -1.02. The van der Waals surface area contributed by atoms with Gasteiger partial charge in [0, 0.05) is 23.5 Å². The molecule has 0 bridgehead atoms. The second-order valence-corrected chi connectivity index (χ2v) is 6.09. The van der Waals surface area contributed by atoms with Gasteiger partial charge in [-0.15, -0.1) is 0 Å². The smallest absolute Gasteiger partial charge is 0.340 e. The minimum Gasteiger partial charge on any atom is -0.466 e. The van der Waals surface area contributed by atoms with Gasteiger partial charge in [0.2, 0.25) is 5.43 Å². The molecule has 6 heteroatoms. The van der Waals surface area contributed by atoms with Gasteiger partial charge in [-0.1, -0.05) is 36.4 Å². The van der Waals surface area contributed by atoms with Crippen molar-refractivity contribution in [3.8, 4) is 0 Å². The number of hydrogen-bond acceptors (Lipinski definition) is 5. The van der Waals surface area contributed by atoms with E-state index in [1.807, 2.05) is 12.1 Å². The fraction of sp³-hybridized carbons (Fsp3) is 0.286. The SMILES string of the molecule is CCOC(=O)Cc1c(C(=O)OCC)c2ccc3ccccc3c(=O)c2n1C. The summed E-state index contributed by atoms with van der Waals surface area (Å²) in [6.45, 7) is 3.86. The van der Waals surface area contributed by atoms with E-state index in [1.165, 1.54) is 0 Å². The number of nitrogens with zero attached hydrogens (tertiary/aromatic N) is 1. The van der Waals surface area contributed by atoms with Gasteiger partial charge in [-0.25, -0.2) is 4.79 Å². The van der Waals surface area contributed by atoms with E-state index in [4.69, 9.17) is 9.47 Å². The van der Waals surface area contributed by atoms with Crippen molar-refractivity contribution in [3.63, 3.8) is 0 Å². The van der Waals surface area contributed by atoms with E-state index < -0.39 is 11.9 Å². The maximum atomic E-state index is 13.2. The number of carbonyl (C=O) groups is 2. The molecule has 0 aliphatic rings. The van der Waals surface area contributed by atoms with E-state index in [0.717, 1.165) is 5.39 Å². The largest absolute Gasteiger partial charge is 0.466 e. The Kier molecular flexibility index (Phi) is 5.26. The molecule has 0 aliphatic heterocycles. The minimum absolute atomic E-state index is 0.117. The van der Waals surface area contributed by atoms with Gasteiger partial charge in [0.1, 0.15) is 0 Å². The summed E-state index contributed by atoms with van der Waals surface area (Å²) in [5.41, 5.74) is 0.807. The molecule has 0 saturated carbocycles. The summed E-state index contributed by atoms with van der Waals surface area (Å²) >= 11 is 0. The third-order valence-electron chi connectivity index (χ3n) is 4.50. The van der Waals surface area contributed by atoms with Crippen LogP contribution in [0.2, 0.25) is 0 Å². The van der Waals surface area contributed by atoms with Crippen molar-refractivity contribution >= 4 is 33.6 Å². The standard InChI is InChI=1S/C21H21NO5/c1-4-26-17(23)12-16-18(21(25)27-5-2)15-11-10-13-8-6-7-9-14(13)20(24)19(15)22(16)3/h6-11H,4-5,12H2,1-3H3. The van der Waals surface area contributed by atoms with Crippen LogP contribution in [0.15, 0.2) is 41.2 Å². The Balaban J connectivity index is 2.39. The van der Waals surface area contributed by atoms with Gasteiger partial charge >= 0.3 is 11.9 Å². The van der Waals surface area contributed by atoms with E-state index in [2.05, 4.69) is 0 Å². The highest BCUT2D eigenvalue weighted by atomic mass is 16.5. The van der Waals surface area contributed by atoms with Gasteiger partial charge < -0.3 is 14.0 Å². The third-order valence-corrected chi connectivity index (χ3v) is 4.50. The van der Waals surface area contributed by atoms with E-state index in [0.29, 0.717) is 22.0 Å². The van der Waals surface area contributed by atoms with Crippen LogP contribution in [0.5, 0.6) is 0 Å². The highest BCUT2D eigenvalue weighted by Gasteiger charge is 2.25. The molecule has 0 aliphatic carbocycles. The average molecular weight is 367 g/mol. The van der Waals surface area contributed by atoms with E-state index in [-0.39, 0.29) is 30.6 Å². The molecule has 0 spiro atoms. The molecular weight excluding hydrogens is 346 g/mol. The van der Waals surface area contributed by atoms with Crippen molar-refractivity contribution < 1.29 is 19.1 Å². The van der Waals surface area contributed by atoms with Gasteiger partial charge in [0.25, 0.3) is 0 Å². The average Bonchev–Trinajstić information content (AvgIpc) is 2.82. The van der Waals surface area contributed by atoms with Crippen LogP contribution >= 0.6 is 0 Å². The summed E-state index contributed by atoms with van der Waals surface area (Å²) in [7, 11) is 1.68. The Hall–Kier alpha value is -3.15. The number of esters is 2. The summed E-state index contributed by atoms with van der Waals surface area (Å²) in [4.78, 5) is 37.9. The van der Waals surface area contributed by atoms with Gasteiger partial charge in [-0.05, 0) is 19.2 Å². The molecule has 0 saturated heterocycles. The molecule has 3 aromatic rings. The first-order valence-corrected chi connectivity index (χ1v) is 8.85. The Labute approximate surface area is 156 Å². The normalized spacial score (nSPS) is 10.9. The van der Waals surface area contributed by atoms with Crippen LogP contribution in [0.1, 0.15) is 29.9 Å². The number of aromatic nitrogens is 1. The zero-order valence-electron chi connectivity index (χ0n) is 15.6. The molecule has 0 amide bonds. The van der Waals surface area contributed by atoms with Crippen LogP contribution in [0.3, 0.4) is 0 Å². The summed E-state index contributed by atoms with van der Waals surface area (Å²) in [5, 5.41) is 1.79. The highest BCUT2D eigenvalue weighted by molar-refractivity contribution is 6.08. The van der Waals surface area contributed by atoms with Crippen molar-refractivity contribution in [2.45, 2.75) is 20.3 Å². The van der Waals surface area contributed by atoms with Crippen molar-refractivity contribution in [2.24, 2.45) is 7.05 Å². The summed E-state index contributed by atoms with van der Waals surface area (Å²) in [6, 6.07) is 10.8. The number of carbonyl (C=O) groups excluding carboxylic acids is 2. The summed E-state index contributed by atoms with van der Waals surface area (Å²) < 4.78 is 11.8. The second-order valence-electron chi connectivity index (χ2n) is 6.09. The molecule has 140 valence electrons. The van der Waals surface area contributed by atoms with Crippen LogP contribution in [0.4, 0.5) is 0 Å². The molecular formula is C21H21NO5. The first-order valence-electron chi connectivity index (χ1n) is 8.85. The maximum absolute atomic E-state index is 13.2. The lowest BCUT2D eigenvalue weighted by Gasteiger charge is -2.07. The molecule has 0 fully saturated rings. The topological polar surface area (TPSA) is 74.6 Å². The van der Waals surface area contributed by atoms with Gasteiger partial charge in [0.05, 0.1) is 30.7 Å². The predicted octanol–water partition coefficient (Wildman–Crippen LogP) is 2.97. The minimum atomic E-state index is -0.558. The van der Waals surface area contributed by atoms with Gasteiger partial charge in [0.15, 0.2) is 0 Å². The molecule has 2 aromatic carbocycles. The number of aryl methyl sites for hydroxylation is 1. The highest BCUT2D eigenvalue weighted by Crippen LogP contribution is 2.26. The molecule has 6 nitrogen and oxygen atoms in total. The number of benzene rings is 1. The maximum Gasteiger partial charge on any atom is 0.340 e. The van der Waals surface area contributed by atoms with E-state index in [9.17, 15) is 14.4 Å². The molecule has 1 heterocycles. The summed E-state index contributed by atoms with van der Waals surface area (Å²) in [6.07, 6.45) is -0.117. The first kappa shape index (κ1) is 18.6. The number of ether oxygens (including phenoxy) is 2. The lowest BCUT2D eigenvalue weighted by Crippen LogP contribution is -2.15. The molecule has 3 rings (SSSR count). The first-order chi connectivity index (χ1) is 13.0. The molecule has 0 N–H and O–H groups in total. The van der Waals surface area contributed by atoms with Crippen molar-refractivity contribution in [1.82, 2.24) is 4.57 Å².